The number of rotatable bonds is 3. The summed E-state index contributed by atoms with van der Waals surface area (Å²) in [7, 11) is 0. The summed E-state index contributed by atoms with van der Waals surface area (Å²) < 4.78 is 5.81. The molecule has 1 atom stereocenters. The first-order chi connectivity index (χ1) is 13.1. The molecule has 1 N–H and O–H groups in total. The van der Waals surface area contributed by atoms with Crippen molar-refractivity contribution in [2.45, 2.75) is 19.8 Å². The zero-order chi connectivity index (χ0) is 18.8. The first-order valence-corrected chi connectivity index (χ1v) is 9.27. The zero-order valence-electron chi connectivity index (χ0n) is 15.3. The molecule has 0 bridgehead atoms. The number of anilines is 1. The van der Waals surface area contributed by atoms with E-state index < -0.39 is 0 Å². The minimum atomic E-state index is -0.215. The van der Waals surface area contributed by atoms with Crippen molar-refractivity contribution in [1.82, 2.24) is 4.90 Å². The summed E-state index contributed by atoms with van der Waals surface area (Å²) in [6.45, 7) is 2.96. The summed E-state index contributed by atoms with van der Waals surface area (Å²) in [5, 5.41) is 3.90. The van der Waals surface area contributed by atoms with Crippen molar-refractivity contribution in [3.05, 3.63) is 65.9 Å². The Morgan fingerprint density at radius 1 is 1.07 bits per heavy atom. The van der Waals surface area contributed by atoms with Crippen LogP contribution in [0.1, 0.15) is 29.0 Å². The number of aryl methyl sites for hydroxylation is 1. The molecule has 0 saturated carbocycles. The lowest BCUT2D eigenvalue weighted by atomic mass is 9.96. The van der Waals surface area contributed by atoms with Gasteiger partial charge in [-0.2, -0.15) is 0 Å². The maximum Gasteiger partial charge on any atom is 0.289 e. The highest BCUT2D eigenvalue weighted by Crippen LogP contribution is 2.28. The maximum atomic E-state index is 13.0. The van der Waals surface area contributed by atoms with E-state index in [-0.39, 0.29) is 17.7 Å². The number of benzene rings is 2. The molecule has 2 heterocycles. The molecule has 2 aromatic carbocycles. The summed E-state index contributed by atoms with van der Waals surface area (Å²) in [4.78, 5) is 27.4. The summed E-state index contributed by atoms with van der Waals surface area (Å²) >= 11 is 0. The molecule has 0 radical (unpaired) electrons. The fourth-order valence-electron chi connectivity index (χ4n) is 3.66. The number of carbonyl (C=O) groups excluding carboxylic acids is 2. The van der Waals surface area contributed by atoms with Gasteiger partial charge in [0, 0.05) is 29.7 Å². The number of para-hydroxylation sites is 2. The van der Waals surface area contributed by atoms with E-state index in [1.807, 2.05) is 61.5 Å². The third-order valence-corrected chi connectivity index (χ3v) is 5.16. The van der Waals surface area contributed by atoms with Gasteiger partial charge < -0.3 is 14.6 Å². The number of likely N-dealkylation sites (tertiary alicyclic amines) is 1. The SMILES string of the molecule is Cc1c(C(=O)N2CCCC(C(=O)Nc3ccccc3)C2)oc2ccccc12. The molecule has 1 aromatic heterocycles. The van der Waals surface area contributed by atoms with Crippen molar-refractivity contribution in [3.8, 4) is 0 Å². The number of fused-ring (bicyclic) bond motifs is 1. The minimum absolute atomic E-state index is 0.0416. The fraction of sp³-hybridized carbons (Fsp3) is 0.273. The van der Waals surface area contributed by atoms with Crippen LogP contribution in [-0.4, -0.2) is 29.8 Å². The van der Waals surface area contributed by atoms with Gasteiger partial charge in [-0.1, -0.05) is 36.4 Å². The number of nitrogens with zero attached hydrogens (tertiary/aromatic N) is 1. The predicted molar refractivity (Wildman–Crippen MR) is 105 cm³/mol. The Labute approximate surface area is 158 Å². The molecule has 1 unspecified atom stereocenters. The van der Waals surface area contributed by atoms with Gasteiger partial charge in [0.25, 0.3) is 5.91 Å². The lowest BCUT2D eigenvalue weighted by molar-refractivity contribution is -0.121. The van der Waals surface area contributed by atoms with E-state index in [2.05, 4.69) is 5.32 Å². The number of hydrogen-bond acceptors (Lipinski definition) is 3. The number of furan rings is 1. The van der Waals surface area contributed by atoms with E-state index in [1.165, 1.54) is 0 Å². The normalized spacial score (nSPS) is 17.1. The third kappa shape index (κ3) is 3.45. The quantitative estimate of drug-likeness (QED) is 0.758. The molecular weight excluding hydrogens is 340 g/mol. The van der Waals surface area contributed by atoms with Gasteiger partial charge in [-0.15, -0.1) is 0 Å². The Morgan fingerprint density at radius 3 is 2.59 bits per heavy atom. The van der Waals surface area contributed by atoms with Gasteiger partial charge in [0.05, 0.1) is 5.92 Å². The average Bonchev–Trinajstić information content (AvgIpc) is 3.05. The third-order valence-electron chi connectivity index (χ3n) is 5.16. The van der Waals surface area contributed by atoms with Crippen molar-refractivity contribution < 1.29 is 14.0 Å². The molecule has 2 amide bonds. The molecule has 0 aliphatic carbocycles. The molecule has 1 aliphatic rings. The first-order valence-electron chi connectivity index (χ1n) is 9.27. The smallest absolute Gasteiger partial charge is 0.289 e. The Balaban J connectivity index is 1.49. The monoisotopic (exact) mass is 362 g/mol. The Hall–Kier alpha value is -3.08. The summed E-state index contributed by atoms with van der Waals surface area (Å²) in [5.41, 5.74) is 2.35. The number of carbonyl (C=O) groups is 2. The van der Waals surface area contributed by atoms with Crippen molar-refractivity contribution in [3.63, 3.8) is 0 Å². The van der Waals surface area contributed by atoms with Crippen LogP contribution in [0.25, 0.3) is 11.0 Å². The van der Waals surface area contributed by atoms with Crippen LogP contribution in [0.3, 0.4) is 0 Å². The summed E-state index contributed by atoms with van der Waals surface area (Å²) in [5.74, 6) is -0.0196. The van der Waals surface area contributed by atoms with Crippen LogP contribution >= 0.6 is 0 Å². The molecular formula is C22H22N2O3. The summed E-state index contributed by atoms with van der Waals surface area (Å²) in [6.07, 6.45) is 1.58. The van der Waals surface area contributed by atoms with E-state index in [0.717, 1.165) is 29.5 Å². The second-order valence-electron chi connectivity index (χ2n) is 7.00. The van der Waals surface area contributed by atoms with Crippen LogP contribution < -0.4 is 5.32 Å². The van der Waals surface area contributed by atoms with Gasteiger partial charge in [0.2, 0.25) is 5.91 Å². The number of nitrogens with one attached hydrogen (secondary N) is 1. The van der Waals surface area contributed by atoms with Gasteiger partial charge in [0.15, 0.2) is 5.76 Å². The van der Waals surface area contributed by atoms with Gasteiger partial charge in [-0.25, -0.2) is 0 Å². The van der Waals surface area contributed by atoms with E-state index >= 15 is 0 Å². The Bertz CT molecular complexity index is 978. The van der Waals surface area contributed by atoms with E-state index in [9.17, 15) is 9.59 Å². The molecule has 0 spiro atoms. The number of amides is 2. The molecule has 1 fully saturated rings. The second-order valence-corrected chi connectivity index (χ2v) is 7.00. The molecule has 1 aliphatic heterocycles. The molecule has 5 nitrogen and oxygen atoms in total. The topological polar surface area (TPSA) is 62.6 Å². The van der Waals surface area contributed by atoms with Crippen molar-refractivity contribution >= 4 is 28.5 Å². The van der Waals surface area contributed by atoms with Crippen molar-refractivity contribution in [1.29, 1.82) is 0 Å². The van der Waals surface area contributed by atoms with Gasteiger partial charge in [-0.3, -0.25) is 9.59 Å². The molecule has 4 rings (SSSR count). The molecule has 3 aromatic rings. The largest absolute Gasteiger partial charge is 0.451 e. The number of hydrogen-bond donors (Lipinski definition) is 1. The highest BCUT2D eigenvalue weighted by atomic mass is 16.3. The first kappa shape index (κ1) is 17.3. The van der Waals surface area contributed by atoms with Crippen LogP contribution in [0.4, 0.5) is 5.69 Å². The van der Waals surface area contributed by atoms with Crippen LogP contribution in [0.5, 0.6) is 0 Å². The molecule has 27 heavy (non-hydrogen) atoms. The maximum absolute atomic E-state index is 13.0. The van der Waals surface area contributed by atoms with Crippen LogP contribution in [-0.2, 0) is 4.79 Å². The van der Waals surface area contributed by atoms with Crippen LogP contribution in [0.15, 0.2) is 59.0 Å². The van der Waals surface area contributed by atoms with E-state index in [1.54, 1.807) is 4.90 Å². The van der Waals surface area contributed by atoms with Gasteiger partial charge in [0.1, 0.15) is 5.58 Å². The predicted octanol–water partition coefficient (Wildman–Crippen LogP) is 4.23. The lowest BCUT2D eigenvalue weighted by Gasteiger charge is -2.31. The Kier molecular flexibility index (Phi) is 4.67. The molecule has 1 saturated heterocycles. The second kappa shape index (κ2) is 7.27. The highest BCUT2D eigenvalue weighted by molar-refractivity contribution is 5.99. The Morgan fingerprint density at radius 2 is 1.81 bits per heavy atom. The number of piperidine rings is 1. The van der Waals surface area contributed by atoms with Gasteiger partial charge >= 0.3 is 0 Å². The standard InChI is InChI=1S/C22H22N2O3/c1-15-18-11-5-6-12-19(18)27-20(15)22(26)24-13-7-8-16(14-24)21(25)23-17-9-3-2-4-10-17/h2-6,9-12,16H,7-8,13-14H2,1H3,(H,23,25). The summed E-state index contributed by atoms with van der Waals surface area (Å²) in [6, 6.07) is 17.1. The minimum Gasteiger partial charge on any atom is -0.451 e. The zero-order valence-corrected chi connectivity index (χ0v) is 15.3. The van der Waals surface area contributed by atoms with E-state index in [0.29, 0.717) is 24.4 Å². The fourth-order valence-corrected chi connectivity index (χ4v) is 3.66. The molecule has 5 heteroatoms. The van der Waals surface area contributed by atoms with E-state index in [4.69, 9.17) is 4.42 Å². The van der Waals surface area contributed by atoms with Crippen LogP contribution in [0.2, 0.25) is 0 Å². The van der Waals surface area contributed by atoms with Gasteiger partial charge in [-0.05, 0) is 38.0 Å². The van der Waals surface area contributed by atoms with Crippen LogP contribution in [0, 0.1) is 12.8 Å². The highest BCUT2D eigenvalue weighted by Gasteiger charge is 2.31. The molecule has 138 valence electrons. The average molecular weight is 362 g/mol. The lowest BCUT2D eigenvalue weighted by Crippen LogP contribution is -2.43. The van der Waals surface area contributed by atoms with Crippen molar-refractivity contribution in [2.75, 3.05) is 18.4 Å². The van der Waals surface area contributed by atoms with Crippen molar-refractivity contribution in [2.24, 2.45) is 5.92 Å².